The second-order valence-corrected chi connectivity index (χ2v) is 11.9. The number of nitrogens with one attached hydrogen (secondary N) is 2. The molecular weight excluding hydrogens is 544 g/mol. The quantitative estimate of drug-likeness (QED) is 0.192. The highest BCUT2D eigenvalue weighted by molar-refractivity contribution is 5.74. The topological polar surface area (TPSA) is 177 Å². The molecule has 0 saturated heterocycles. The molecule has 14 nitrogen and oxygen atoms in total. The van der Waals surface area contributed by atoms with Crippen molar-refractivity contribution in [3.63, 3.8) is 0 Å². The summed E-state index contributed by atoms with van der Waals surface area (Å²) in [6.07, 6.45) is -0.174. The second kappa shape index (κ2) is 16.7. The van der Waals surface area contributed by atoms with Gasteiger partial charge in [-0.05, 0) is 67.2 Å². The van der Waals surface area contributed by atoms with Crippen molar-refractivity contribution in [2.45, 2.75) is 103 Å². The van der Waals surface area contributed by atoms with Crippen LogP contribution in [0.25, 0.3) is 0 Å². The average Bonchev–Trinajstić information content (AvgIpc) is 3.42. The summed E-state index contributed by atoms with van der Waals surface area (Å²) in [4.78, 5) is 46.3. The standard InChI is InChI=1S/C14H25NO6.C13H23NO6/c1-14(2,3)21-13(17)15-10-6-9(12(16)19-5)7-11(10)20-8-18-4;1-13(2,3)20-12(17)14-9-5-8(11(15)16)6-10(9)19-7-18-4/h9-11H,6-8H2,1-5H3,(H,15,17);8-10H,5-7H2,1-4H3,(H,14,17)(H,15,16)/t9-,10+,11-;8-,9+,10-/m00/s1. The average molecular weight is 593 g/mol. The number of carbonyl (C=O) groups excluding carboxylic acids is 3. The minimum Gasteiger partial charge on any atom is -0.481 e. The van der Waals surface area contributed by atoms with Crippen molar-refractivity contribution >= 4 is 24.1 Å². The van der Waals surface area contributed by atoms with Crippen LogP contribution in [0.5, 0.6) is 0 Å². The Bertz CT molecular complexity index is 854. The number of aliphatic carboxylic acids is 1. The van der Waals surface area contributed by atoms with Gasteiger partial charge in [0.15, 0.2) is 0 Å². The molecule has 2 rings (SSSR count). The van der Waals surface area contributed by atoms with E-state index < -0.39 is 35.3 Å². The minimum atomic E-state index is -0.885. The van der Waals surface area contributed by atoms with E-state index in [9.17, 15) is 19.2 Å². The Balaban J connectivity index is 0.000000410. The largest absolute Gasteiger partial charge is 0.481 e. The molecule has 0 radical (unpaired) electrons. The van der Waals surface area contributed by atoms with Gasteiger partial charge in [0.25, 0.3) is 0 Å². The first-order valence-corrected chi connectivity index (χ1v) is 13.5. The predicted molar refractivity (Wildman–Crippen MR) is 145 cm³/mol. The lowest BCUT2D eigenvalue weighted by Crippen LogP contribution is -2.43. The number of hydrogen-bond donors (Lipinski definition) is 3. The molecule has 2 aliphatic rings. The SMILES string of the molecule is COCO[C@H]1C[C@@H](C(=O)O)C[C@H]1NC(=O)OC(C)(C)C.COCO[C@H]1C[C@@H](C(=O)OC)C[C@H]1NC(=O)OC(C)(C)C. The molecule has 0 bridgehead atoms. The van der Waals surface area contributed by atoms with Crippen LogP contribution in [-0.2, 0) is 42.7 Å². The van der Waals surface area contributed by atoms with Crippen LogP contribution >= 0.6 is 0 Å². The Hall–Kier alpha value is -2.68. The van der Waals surface area contributed by atoms with E-state index in [-0.39, 0.29) is 49.8 Å². The summed E-state index contributed by atoms with van der Waals surface area (Å²) in [5, 5.41) is 14.5. The van der Waals surface area contributed by atoms with Crippen LogP contribution in [0, 0.1) is 11.8 Å². The van der Waals surface area contributed by atoms with Gasteiger partial charge < -0.3 is 48.9 Å². The van der Waals surface area contributed by atoms with Gasteiger partial charge in [-0.25, -0.2) is 9.59 Å². The van der Waals surface area contributed by atoms with E-state index in [0.29, 0.717) is 25.7 Å². The summed E-state index contributed by atoms with van der Waals surface area (Å²) in [7, 11) is 4.35. The minimum absolute atomic E-state index is 0.0590. The third-order valence-electron chi connectivity index (χ3n) is 6.10. The number of ether oxygens (including phenoxy) is 7. The summed E-state index contributed by atoms with van der Waals surface area (Å²) < 4.78 is 35.8. The summed E-state index contributed by atoms with van der Waals surface area (Å²) in [5.74, 6) is -2.01. The first-order valence-electron chi connectivity index (χ1n) is 13.5. The first kappa shape index (κ1) is 36.3. The second-order valence-electron chi connectivity index (χ2n) is 11.9. The van der Waals surface area contributed by atoms with E-state index in [2.05, 4.69) is 10.6 Å². The van der Waals surface area contributed by atoms with Crippen LogP contribution in [0.4, 0.5) is 9.59 Å². The maximum atomic E-state index is 11.8. The van der Waals surface area contributed by atoms with Gasteiger partial charge in [-0.15, -0.1) is 0 Å². The molecule has 2 amide bonds. The van der Waals surface area contributed by atoms with Crippen molar-refractivity contribution in [2.24, 2.45) is 11.8 Å². The van der Waals surface area contributed by atoms with Gasteiger partial charge >= 0.3 is 24.1 Å². The third kappa shape index (κ3) is 14.2. The molecule has 0 spiro atoms. The highest BCUT2D eigenvalue weighted by Gasteiger charge is 2.41. The molecule has 3 N–H and O–H groups in total. The van der Waals surface area contributed by atoms with Gasteiger partial charge in [0, 0.05) is 14.2 Å². The summed E-state index contributed by atoms with van der Waals surface area (Å²) in [6, 6.07) is -0.694. The molecular formula is C27H48N2O12. The molecule has 0 heterocycles. The number of methoxy groups -OCH3 is 3. The molecule has 0 aromatic rings. The summed E-state index contributed by atoms with van der Waals surface area (Å²) in [6.45, 7) is 10.8. The van der Waals surface area contributed by atoms with Crippen LogP contribution in [0.15, 0.2) is 0 Å². The van der Waals surface area contributed by atoms with E-state index in [4.69, 9.17) is 38.3 Å². The van der Waals surface area contributed by atoms with Crippen molar-refractivity contribution in [1.29, 1.82) is 0 Å². The van der Waals surface area contributed by atoms with Gasteiger partial charge in [-0.3, -0.25) is 9.59 Å². The Kier molecular flexibility index (Phi) is 14.8. The maximum Gasteiger partial charge on any atom is 0.407 e. The highest BCUT2D eigenvalue weighted by atomic mass is 16.7. The predicted octanol–water partition coefficient (Wildman–Crippen LogP) is 2.82. The van der Waals surface area contributed by atoms with Gasteiger partial charge in [-0.1, -0.05) is 0 Å². The highest BCUT2D eigenvalue weighted by Crippen LogP contribution is 2.30. The number of esters is 1. The molecule has 0 aromatic heterocycles. The van der Waals surface area contributed by atoms with Crippen LogP contribution in [-0.4, -0.2) is 99.6 Å². The van der Waals surface area contributed by atoms with Crippen LogP contribution in [0.1, 0.15) is 67.2 Å². The normalized spacial score (nSPS) is 25.9. The maximum absolute atomic E-state index is 11.8. The Morgan fingerprint density at radius 2 is 1.07 bits per heavy atom. The van der Waals surface area contributed by atoms with Crippen LogP contribution in [0.3, 0.4) is 0 Å². The molecule has 6 atom stereocenters. The van der Waals surface area contributed by atoms with Crippen molar-refractivity contribution in [3.8, 4) is 0 Å². The molecule has 238 valence electrons. The molecule has 2 saturated carbocycles. The Labute approximate surface area is 242 Å². The number of carboxylic acids is 1. The van der Waals surface area contributed by atoms with Crippen molar-refractivity contribution in [1.82, 2.24) is 10.6 Å². The molecule has 41 heavy (non-hydrogen) atoms. The first-order chi connectivity index (χ1) is 19.0. The van der Waals surface area contributed by atoms with E-state index in [0.717, 1.165) is 0 Å². The number of rotatable bonds is 10. The van der Waals surface area contributed by atoms with Crippen molar-refractivity contribution in [3.05, 3.63) is 0 Å². The van der Waals surface area contributed by atoms with Crippen molar-refractivity contribution in [2.75, 3.05) is 34.9 Å². The summed E-state index contributed by atoms with van der Waals surface area (Å²) >= 11 is 0. The zero-order valence-corrected chi connectivity index (χ0v) is 25.6. The smallest absolute Gasteiger partial charge is 0.407 e. The van der Waals surface area contributed by atoms with E-state index >= 15 is 0 Å². The Morgan fingerprint density at radius 1 is 0.683 bits per heavy atom. The lowest BCUT2D eigenvalue weighted by molar-refractivity contribution is -0.146. The monoisotopic (exact) mass is 592 g/mol. The number of amides is 2. The molecule has 0 aromatic carbocycles. The molecule has 0 aliphatic heterocycles. The van der Waals surface area contributed by atoms with Crippen LogP contribution < -0.4 is 10.6 Å². The van der Waals surface area contributed by atoms with Gasteiger partial charge in [0.05, 0.1) is 43.2 Å². The van der Waals surface area contributed by atoms with Crippen LogP contribution in [0.2, 0.25) is 0 Å². The molecule has 14 heteroatoms. The fraction of sp³-hybridized carbons (Fsp3) is 0.852. The zero-order chi connectivity index (χ0) is 31.4. The number of hydrogen-bond acceptors (Lipinski definition) is 11. The lowest BCUT2D eigenvalue weighted by Gasteiger charge is -2.24. The van der Waals surface area contributed by atoms with Gasteiger partial charge in [0.2, 0.25) is 0 Å². The molecule has 2 aliphatic carbocycles. The number of alkyl carbamates (subject to hydrolysis) is 2. The van der Waals surface area contributed by atoms with E-state index in [1.165, 1.54) is 21.3 Å². The fourth-order valence-corrected chi connectivity index (χ4v) is 4.46. The van der Waals surface area contributed by atoms with E-state index in [1.54, 1.807) is 41.5 Å². The Morgan fingerprint density at radius 3 is 1.41 bits per heavy atom. The molecule has 2 fully saturated rings. The fourth-order valence-electron chi connectivity index (χ4n) is 4.46. The van der Waals surface area contributed by atoms with Gasteiger partial charge in [-0.2, -0.15) is 0 Å². The third-order valence-corrected chi connectivity index (χ3v) is 6.10. The van der Waals surface area contributed by atoms with Crippen molar-refractivity contribution < 1.29 is 57.4 Å². The lowest BCUT2D eigenvalue weighted by atomic mass is 10.1. The zero-order valence-electron chi connectivity index (χ0n) is 25.6. The van der Waals surface area contributed by atoms with Gasteiger partial charge in [0.1, 0.15) is 24.8 Å². The summed E-state index contributed by atoms with van der Waals surface area (Å²) in [5.41, 5.74) is -1.18. The molecule has 0 unspecified atom stereocenters. The number of carbonyl (C=O) groups is 4. The van der Waals surface area contributed by atoms with E-state index in [1.807, 2.05) is 0 Å². The number of carboxylic acid groups (broad SMARTS) is 1.